The second-order valence-electron chi connectivity index (χ2n) is 5.95. The zero-order valence-electron chi connectivity index (χ0n) is 14.2. The van der Waals surface area contributed by atoms with Crippen LogP contribution in [0.2, 0.25) is 0 Å². The van der Waals surface area contributed by atoms with Gasteiger partial charge >= 0.3 is 0 Å². The SMILES string of the molecule is Cc1ccc(-c2nc3ncccc3o2)cc1NC(=O)c1cc(I)ccc1Br. The van der Waals surface area contributed by atoms with Crippen LogP contribution in [0.4, 0.5) is 5.69 Å². The van der Waals surface area contributed by atoms with E-state index in [1.807, 2.05) is 49.4 Å². The molecule has 0 fully saturated rings. The van der Waals surface area contributed by atoms with E-state index in [9.17, 15) is 4.79 Å². The number of amides is 1. The average molecular weight is 534 g/mol. The lowest BCUT2D eigenvalue weighted by molar-refractivity contribution is 0.102. The Morgan fingerprint density at radius 2 is 2.04 bits per heavy atom. The minimum atomic E-state index is -0.181. The van der Waals surface area contributed by atoms with Crippen LogP contribution in [0.25, 0.3) is 22.7 Å². The van der Waals surface area contributed by atoms with Crippen molar-refractivity contribution in [3.63, 3.8) is 0 Å². The zero-order chi connectivity index (χ0) is 19.0. The van der Waals surface area contributed by atoms with Gasteiger partial charge < -0.3 is 9.73 Å². The Hall–Kier alpha value is -2.26. The van der Waals surface area contributed by atoms with Crippen LogP contribution in [0, 0.1) is 10.5 Å². The molecule has 0 saturated heterocycles. The molecular weight excluding hydrogens is 521 g/mol. The largest absolute Gasteiger partial charge is 0.434 e. The topological polar surface area (TPSA) is 68.0 Å². The maximum Gasteiger partial charge on any atom is 0.256 e. The zero-order valence-corrected chi connectivity index (χ0v) is 17.9. The first kappa shape index (κ1) is 18.1. The summed E-state index contributed by atoms with van der Waals surface area (Å²) < 4.78 is 7.52. The quantitative estimate of drug-likeness (QED) is 0.337. The Morgan fingerprint density at radius 3 is 2.85 bits per heavy atom. The summed E-state index contributed by atoms with van der Waals surface area (Å²) in [4.78, 5) is 21.3. The number of hydrogen-bond acceptors (Lipinski definition) is 4. The van der Waals surface area contributed by atoms with Crippen molar-refractivity contribution in [3.05, 3.63) is 73.9 Å². The summed E-state index contributed by atoms with van der Waals surface area (Å²) >= 11 is 5.62. The van der Waals surface area contributed by atoms with Gasteiger partial charge in [-0.1, -0.05) is 6.07 Å². The Balaban J connectivity index is 1.68. The van der Waals surface area contributed by atoms with E-state index in [4.69, 9.17) is 4.42 Å². The van der Waals surface area contributed by atoms with Crippen LogP contribution in [0.5, 0.6) is 0 Å². The van der Waals surface area contributed by atoms with Gasteiger partial charge in [-0.05, 0) is 93.5 Å². The molecule has 2 aromatic heterocycles. The highest BCUT2D eigenvalue weighted by Crippen LogP contribution is 2.28. The first-order valence-electron chi connectivity index (χ1n) is 8.10. The van der Waals surface area contributed by atoms with Gasteiger partial charge in [0.25, 0.3) is 5.91 Å². The van der Waals surface area contributed by atoms with E-state index in [-0.39, 0.29) is 5.91 Å². The van der Waals surface area contributed by atoms with Crippen molar-refractivity contribution in [2.24, 2.45) is 0 Å². The molecule has 0 bridgehead atoms. The van der Waals surface area contributed by atoms with E-state index in [1.54, 1.807) is 12.3 Å². The fourth-order valence-electron chi connectivity index (χ4n) is 2.64. The predicted octanol–water partition coefficient (Wildman–Crippen LogP) is 5.82. The highest BCUT2D eigenvalue weighted by molar-refractivity contribution is 14.1. The molecule has 4 rings (SSSR count). The molecule has 0 saturated carbocycles. The minimum Gasteiger partial charge on any atom is -0.434 e. The summed E-state index contributed by atoms with van der Waals surface area (Å²) in [6.45, 7) is 1.94. The molecule has 0 aliphatic heterocycles. The summed E-state index contributed by atoms with van der Waals surface area (Å²) in [5.74, 6) is 0.287. The minimum absolute atomic E-state index is 0.181. The van der Waals surface area contributed by atoms with E-state index in [1.165, 1.54) is 0 Å². The molecule has 2 heterocycles. The van der Waals surface area contributed by atoms with Crippen molar-refractivity contribution in [3.8, 4) is 11.5 Å². The molecule has 1 amide bonds. The van der Waals surface area contributed by atoms with Crippen molar-refractivity contribution in [2.45, 2.75) is 6.92 Å². The molecule has 0 aliphatic rings. The van der Waals surface area contributed by atoms with Crippen molar-refractivity contribution < 1.29 is 9.21 Å². The maximum absolute atomic E-state index is 12.7. The molecule has 2 aromatic carbocycles. The summed E-state index contributed by atoms with van der Waals surface area (Å²) in [7, 11) is 0. The van der Waals surface area contributed by atoms with E-state index in [2.05, 4.69) is 53.8 Å². The van der Waals surface area contributed by atoms with Gasteiger partial charge in [0.2, 0.25) is 5.89 Å². The van der Waals surface area contributed by atoms with Crippen LogP contribution in [-0.2, 0) is 0 Å². The van der Waals surface area contributed by atoms with Crippen LogP contribution in [0.3, 0.4) is 0 Å². The molecule has 7 heteroatoms. The summed E-state index contributed by atoms with van der Waals surface area (Å²) in [5.41, 5.74) is 4.19. The molecule has 134 valence electrons. The number of carbonyl (C=O) groups excluding carboxylic acids is 1. The second-order valence-corrected chi connectivity index (χ2v) is 8.05. The fourth-order valence-corrected chi connectivity index (χ4v) is 3.56. The van der Waals surface area contributed by atoms with Gasteiger partial charge in [-0.25, -0.2) is 4.98 Å². The molecule has 0 aliphatic carbocycles. The number of fused-ring (bicyclic) bond motifs is 1. The molecule has 5 nitrogen and oxygen atoms in total. The Kier molecular flexibility index (Phi) is 4.96. The third-order valence-electron chi connectivity index (χ3n) is 4.07. The number of rotatable bonds is 3. The number of aryl methyl sites for hydroxylation is 1. The molecule has 0 atom stereocenters. The van der Waals surface area contributed by atoms with Gasteiger partial charge in [0.1, 0.15) is 0 Å². The second kappa shape index (κ2) is 7.40. The van der Waals surface area contributed by atoms with E-state index >= 15 is 0 Å². The van der Waals surface area contributed by atoms with Gasteiger partial charge in [-0.15, -0.1) is 0 Å². The molecule has 1 N–H and O–H groups in total. The first-order valence-corrected chi connectivity index (χ1v) is 9.97. The number of nitrogens with one attached hydrogen (secondary N) is 1. The van der Waals surface area contributed by atoms with E-state index < -0.39 is 0 Å². The van der Waals surface area contributed by atoms with E-state index in [0.29, 0.717) is 28.4 Å². The first-order chi connectivity index (χ1) is 13.0. The van der Waals surface area contributed by atoms with Crippen molar-refractivity contribution >= 4 is 61.3 Å². The fraction of sp³-hybridized carbons (Fsp3) is 0.0500. The maximum atomic E-state index is 12.7. The highest BCUT2D eigenvalue weighted by atomic mass is 127. The number of nitrogens with zero attached hydrogens (tertiary/aromatic N) is 2. The monoisotopic (exact) mass is 533 g/mol. The van der Waals surface area contributed by atoms with Crippen LogP contribution in [-0.4, -0.2) is 15.9 Å². The third-order valence-corrected chi connectivity index (χ3v) is 5.43. The number of aromatic nitrogens is 2. The number of pyridine rings is 1. The molecule has 4 aromatic rings. The van der Waals surface area contributed by atoms with Crippen LogP contribution in [0.1, 0.15) is 15.9 Å². The van der Waals surface area contributed by atoms with Crippen LogP contribution >= 0.6 is 38.5 Å². The number of carbonyl (C=O) groups is 1. The Bertz CT molecular complexity index is 1140. The third kappa shape index (κ3) is 3.74. The van der Waals surface area contributed by atoms with Gasteiger partial charge in [0.05, 0.1) is 5.56 Å². The van der Waals surface area contributed by atoms with Gasteiger partial charge in [0, 0.05) is 25.5 Å². The lowest BCUT2D eigenvalue weighted by atomic mass is 10.1. The van der Waals surface area contributed by atoms with Crippen molar-refractivity contribution in [1.82, 2.24) is 9.97 Å². The lowest BCUT2D eigenvalue weighted by Gasteiger charge is -2.11. The average Bonchev–Trinajstić information content (AvgIpc) is 3.09. The standard InChI is InChI=1S/C20H13BrIN3O2/c1-11-4-5-12(20-25-18-17(27-20)3-2-8-23-18)9-16(11)24-19(26)14-10-13(22)6-7-15(14)21/h2-10H,1H3,(H,24,26). The Labute approximate surface area is 177 Å². The lowest BCUT2D eigenvalue weighted by Crippen LogP contribution is -2.13. The highest BCUT2D eigenvalue weighted by Gasteiger charge is 2.14. The smallest absolute Gasteiger partial charge is 0.256 e. The van der Waals surface area contributed by atoms with E-state index in [0.717, 1.165) is 19.2 Å². The van der Waals surface area contributed by atoms with Crippen LogP contribution in [0.15, 0.2) is 63.6 Å². The van der Waals surface area contributed by atoms with Gasteiger partial charge in [-0.3, -0.25) is 4.79 Å². The van der Waals surface area contributed by atoms with Gasteiger partial charge in [-0.2, -0.15) is 4.98 Å². The summed E-state index contributed by atoms with van der Waals surface area (Å²) in [6, 6.07) is 15.0. The van der Waals surface area contributed by atoms with Crippen LogP contribution < -0.4 is 5.32 Å². The predicted molar refractivity (Wildman–Crippen MR) is 117 cm³/mol. The summed E-state index contributed by atoms with van der Waals surface area (Å²) in [6.07, 6.45) is 1.68. The van der Waals surface area contributed by atoms with Crippen molar-refractivity contribution in [1.29, 1.82) is 0 Å². The number of benzene rings is 2. The van der Waals surface area contributed by atoms with Crippen molar-refractivity contribution in [2.75, 3.05) is 5.32 Å². The number of anilines is 1. The molecule has 27 heavy (non-hydrogen) atoms. The number of hydrogen-bond donors (Lipinski definition) is 1. The molecular formula is C20H13BrIN3O2. The van der Waals surface area contributed by atoms with Gasteiger partial charge in [0.15, 0.2) is 11.2 Å². The Morgan fingerprint density at radius 1 is 1.19 bits per heavy atom. The number of halogens is 2. The normalized spacial score (nSPS) is 10.9. The summed E-state index contributed by atoms with van der Waals surface area (Å²) in [5, 5.41) is 2.98. The molecule has 0 unspecified atom stereocenters. The molecule has 0 spiro atoms. The molecule has 0 radical (unpaired) electrons. The number of oxazole rings is 1.